The molecule has 0 fully saturated rings. The molecule has 0 aliphatic heterocycles. The van der Waals surface area contributed by atoms with E-state index in [1.807, 2.05) is 88.7 Å². The highest BCUT2D eigenvalue weighted by atomic mass is 32.1. The number of hydrogen-bond acceptors (Lipinski definition) is 11. The van der Waals surface area contributed by atoms with Crippen LogP contribution in [-0.2, 0) is 4.74 Å². The van der Waals surface area contributed by atoms with Crippen LogP contribution < -0.4 is 0 Å². The van der Waals surface area contributed by atoms with Crippen molar-refractivity contribution in [3.05, 3.63) is 312 Å². The van der Waals surface area contributed by atoms with Gasteiger partial charge in [-0.3, -0.25) is 0 Å². The summed E-state index contributed by atoms with van der Waals surface area (Å²) >= 11 is 14.2. The Hall–Kier alpha value is -9.05. The summed E-state index contributed by atoms with van der Waals surface area (Å²) < 4.78 is 17.8. The standard InChI is InChI=1S/C31H23N.C19H14S3.C9H8O2S2.C9H8O.C9H8S.C7H6S2/c1-22-16-17-31-29(18-22)28-14-8-9-15-30(28)32(31)27-20-25(23-10-4-2-5-11-23)19-26(21-27)24-12-6-3-7-13-24;1-13-6-7-19(22-13)16-11-14(17-4-2-8-20-17)10-15(12-16)18-5-3-9-21-18;1-5-6-3-7(9(10)11-2)13-8(6)4-12-5;2*1-7-6-8-4-2-3-5-9(8)10-7;1-5-4-7-6(9-5)2-3-8-7/h2-21H,1H3;2-12H,1H3;3-4H,1-2H3;2*2-6H,1H3;2-4H,1H3. The summed E-state index contributed by atoms with van der Waals surface area (Å²) in [5.74, 6) is 0.729. The van der Waals surface area contributed by atoms with Crippen molar-refractivity contribution in [1.29, 1.82) is 0 Å². The highest BCUT2D eigenvalue weighted by Crippen LogP contribution is 2.40. The molecule has 18 rings (SSSR count). The molecular formula is C84H67NO3S8. The Morgan fingerprint density at radius 2 is 0.979 bits per heavy atom. The van der Waals surface area contributed by atoms with Crippen LogP contribution in [0.1, 0.15) is 40.5 Å². The van der Waals surface area contributed by atoms with Gasteiger partial charge in [-0.1, -0.05) is 139 Å². The quantitative estimate of drug-likeness (QED) is 0.149. The topological polar surface area (TPSA) is 44.4 Å². The zero-order chi connectivity index (χ0) is 66.1. The Morgan fingerprint density at radius 3 is 1.60 bits per heavy atom. The molecule has 8 aromatic carbocycles. The highest BCUT2D eigenvalue weighted by molar-refractivity contribution is 7.27. The molecule has 0 atom stereocenters. The van der Waals surface area contributed by atoms with Crippen LogP contribution in [0, 0.1) is 41.5 Å². The van der Waals surface area contributed by atoms with Gasteiger partial charge in [0, 0.05) is 85.6 Å². The number of ether oxygens (including phenoxy) is 1. The molecule has 10 aromatic heterocycles. The van der Waals surface area contributed by atoms with E-state index in [-0.39, 0.29) is 5.97 Å². The molecule has 0 aliphatic rings. The average Bonchev–Trinajstić information content (AvgIpc) is 1.60. The molecule has 0 spiro atoms. The lowest BCUT2D eigenvalue weighted by atomic mass is 9.98. The van der Waals surface area contributed by atoms with Gasteiger partial charge in [-0.2, -0.15) is 0 Å². The van der Waals surface area contributed by atoms with Crippen LogP contribution in [0.25, 0.3) is 122 Å². The van der Waals surface area contributed by atoms with Crippen LogP contribution in [0.5, 0.6) is 0 Å². The normalized spacial score (nSPS) is 10.9. The molecule has 10 heterocycles. The summed E-state index contributed by atoms with van der Waals surface area (Å²) in [4.78, 5) is 21.3. The van der Waals surface area contributed by atoms with E-state index >= 15 is 0 Å². The third kappa shape index (κ3) is 15.4. The van der Waals surface area contributed by atoms with Gasteiger partial charge in [0.25, 0.3) is 0 Å². The number of furan rings is 1. The van der Waals surface area contributed by atoms with Crippen LogP contribution >= 0.6 is 90.7 Å². The lowest BCUT2D eigenvalue weighted by Gasteiger charge is -2.14. The third-order valence-corrected chi connectivity index (χ3v) is 24.1. The Kier molecular flexibility index (Phi) is 20.7. The molecule has 0 bridgehead atoms. The van der Waals surface area contributed by atoms with Crippen molar-refractivity contribution < 1.29 is 13.9 Å². The summed E-state index contributed by atoms with van der Waals surface area (Å²) in [6.07, 6.45) is 0. The number of methoxy groups -OCH3 is 1. The third-order valence-electron chi connectivity index (χ3n) is 16.0. The predicted molar refractivity (Wildman–Crippen MR) is 425 cm³/mol. The Labute approximate surface area is 592 Å². The van der Waals surface area contributed by atoms with Crippen molar-refractivity contribution >= 4 is 159 Å². The maximum absolute atomic E-state index is 11.2. The molecule has 0 radical (unpaired) electrons. The lowest BCUT2D eigenvalue weighted by Crippen LogP contribution is -1.96. The van der Waals surface area contributed by atoms with Gasteiger partial charge in [0.15, 0.2) is 0 Å². The van der Waals surface area contributed by atoms with E-state index in [1.54, 1.807) is 34.0 Å². The molecule has 0 unspecified atom stereocenters. The minimum atomic E-state index is -0.245. The predicted octanol–water partition coefficient (Wildman–Crippen LogP) is 27.9. The number of hydrogen-bond donors (Lipinski definition) is 0. The number of carbonyl (C=O) groups excluding carboxylic acids is 1. The minimum Gasteiger partial charge on any atom is -0.465 e. The van der Waals surface area contributed by atoms with Gasteiger partial charge in [0.05, 0.1) is 18.1 Å². The monoisotopic (exact) mass is 1390 g/mol. The maximum atomic E-state index is 11.2. The number of aryl methyl sites for hydroxylation is 6. The molecule has 4 nitrogen and oxygen atoms in total. The first-order valence-corrected chi connectivity index (χ1v) is 38.1. The summed E-state index contributed by atoms with van der Waals surface area (Å²) in [5.41, 5.74) is 14.7. The van der Waals surface area contributed by atoms with Crippen molar-refractivity contribution in [2.75, 3.05) is 7.11 Å². The fourth-order valence-electron chi connectivity index (χ4n) is 11.5. The molecule has 0 amide bonds. The zero-order valence-corrected chi connectivity index (χ0v) is 60.5. The van der Waals surface area contributed by atoms with Crippen molar-refractivity contribution in [3.63, 3.8) is 0 Å². The number of esters is 1. The van der Waals surface area contributed by atoms with Crippen LogP contribution in [0.2, 0.25) is 0 Å². The van der Waals surface area contributed by atoms with E-state index in [4.69, 9.17) is 4.42 Å². The number of benzene rings is 8. The van der Waals surface area contributed by atoms with E-state index in [1.165, 1.54) is 160 Å². The van der Waals surface area contributed by atoms with Gasteiger partial charge in [0.2, 0.25) is 0 Å². The van der Waals surface area contributed by atoms with Gasteiger partial charge in [-0.15, -0.1) is 90.7 Å². The molecule has 12 heteroatoms. The van der Waals surface area contributed by atoms with Gasteiger partial charge >= 0.3 is 5.97 Å². The summed E-state index contributed by atoms with van der Waals surface area (Å²) in [7, 11) is 1.40. The van der Waals surface area contributed by atoms with Crippen LogP contribution in [-0.4, -0.2) is 17.6 Å². The number of rotatable bonds is 7. The second kappa shape index (κ2) is 30.4. The fraction of sp³-hybridized carbons (Fsp3) is 0.0833. The largest absolute Gasteiger partial charge is 0.465 e. The highest BCUT2D eigenvalue weighted by Gasteiger charge is 2.16. The number of nitrogens with zero attached hydrogens (tertiary/aromatic N) is 1. The Bertz CT molecular complexity index is 5290. The smallest absolute Gasteiger partial charge is 0.348 e. The van der Waals surface area contributed by atoms with Gasteiger partial charge in [-0.25, -0.2) is 4.79 Å². The van der Waals surface area contributed by atoms with Gasteiger partial charge in [-0.05, 0) is 223 Å². The molecule has 0 N–H and O–H groups in total. The lowest BCUT2D eigenvalue weighted by molar-refractivity contribution is 0.0606. The van der Waals surface area contributed by atoms with Crippen LogP contribution in [0.15, 0.2) is 281 Å². The van der Waals surface area contributed by atoms with Gasteiger partial charge < -0.3 is 13.7 Å². The van der Waals surface area contributed by atoms with E-state index in [2.05, 4.69) is 284 Å². The number of carbonyl (C=O) groups is 1. The Balaban J connectivity index is 0.000000112. The molecule has 0 aliphatic carbocycles. The molecule has 0 saturated heterocycles. The minimum absolute atomic E-state index is 0.245. The van der Waals surface area contributed by atoms with Crippen LogP contribution in [0.4, 0.5) is 0 Å². The number of aromatic nitrogens is 1. The first kappa shape index (κ1) is 65.6. The summed E-state index contributed by atoms with van der Waals surface area (Å²) in [6, 6.07) is 90.7. The average molecular weight is 1390 g/mol. The van der Waals surface area contributed by atoms with Crippen LogP contribution in [0.3, 0.4) is 0 Å². The molecule has 96 heavy (non-hydrogen) atoms. The Morgan fingerprint density at radius 1 is 0.375 bits per heavy atom. The first-order chi connectivity index (χ1) is 46.9. The van der Waals surface area contributed by atoms with E-state index in [0.29, 0.717) is 4.88 Å². The number of fused-ring (bicyclic) bond motifs is 7. The van der Waals surface area contributed by atoms with E-state index in [9.17, 15) is 4.79 Å². The molecular weight excluding hydrogens is 1330 g/mol. The van der Waals surface area contributed by atoms with Crippen molar-refractivity contribution in [1.82, 2.24) is 4.57 Å². The fourth-order valence-corrected chi connectivity index (χ4v) is 18.8. The van der Waals surface area contributed by atoms with Crippen molar-refractivity contribution in [2.45, 2.75) is 41.5 Å². The molecule has 474 valence electrons. The second-order valence-electron chi connectivity index (χ2n) is 23.0. The summed E-state index contributed by atoms with van der Waals surface area (Å²) in [5, 5.41) is 14.8. The summed E-state index contributed by atoms with van der Waals surface area (Å²) in [6.45, 7) is 12.6. The molecule has 0 saturated carbocycles. The molecule has 18 aromatic rings. The number of para-hydroxylation sites is 2. The SMILES string of the molecule is COC(=O)c1cc2c(C)scc2s1.Cc1cc2ccccc2o1.Cc1cc2ccccc2s1.Cc1cc2sccc2s1.Cc1ccc(-c2cc(-c3cccs3)cc(-c3cccs3)c2)s1.Cc1ccc2c(c1)c1ccccc1n2-c1cc(-c2ccccc2)cc(-c2ccccc2)c1. The zero-order valence-electron chi connectivity index (χ0n) is 54.0. The first-order valence-electron chi connectivity index (χ1n) is 31.3. The second-order valence-corrected chi connectivity index (χ2v) is 31.9. The van der Waals surface area contributed by atoms with Crippen molar-refractivity contribution in [2.24, 2.45) is 0 Å². The van der Waals surface area contributed by atoms with E-state index in [0.717, 1.165) is 11.3 Å². The van der Waals surface area contributed by atoms with Crippen molar-refractivity contribution in [3.8, 4) is 59.3 Å². The van der Waals surface area contributed by atoms with E-state index < -0.39 is 0 Å². The maximum Gasteiger partial charge on any atom is 0.348 e. The number of thiophene rings is 8. The van der Waals surface area contributed by atoms with Gasteiger partial charge in [0.1, 0.15) is 16.2 Å².